The topological polar surface area (TPSA) is 24.9 Å². The van der Waals surface area contributed by atoms with Crippen molar-refractivity contribution >= 4 is 0 Å². The highest BCUT2D eigenvalue weighted by Gasteiger charge is 1.95. The summed E-state index contributed by atoms with van der Waals surface area (Å²) in [4.78, 5) is 4.28. The van der Waals surface area contributed by atoms with Gasteiger partial charge in [0.15, 0.2) is 0 Å². The average Bonchev–Trinajstić information content (AvgIpc) is 2.45. The molecule has 2 aromatic rings. The van der Waals surface area contributed by atoms with E-state index in [1.807, 2.05) is 36.5 Å². The number of rotatable bonds is 5. The van der Waals surface area contributed by atoms with E-state index in [1.165, 1.54) is 5.56 Å². The molecule has 0 bridgehead atoms. The number of pyridine rings is 1. The van der Waals surface area contributed by atoms with Crippen molar-refractivity contribution < 1.29 is 0 Å². The number of nitrogens with zero attached hydrogens (tertiary/aromatic N) is 1. The van der Waals surface area contributed by atoms with Crippen LogP contribution in [0, 0.1) is 12.3 Å². The van der Waals surface area contributed by atoms with E-state index in [-0.39, 0.29) is 0 Å². The Morgan fingerprint density at radius 1 is 1.11 bits per heavy atom. The van der Waals surface area contributed by atoms with Crippen LogP contribution in [0.15, 0.2) is 48.7 Å². The maximum atomic E-state index is 5.31. The Hall–Kier alpha value is -2.11. The molecule has 0 saturated carbocycles. The van der Waals surface area contributed by atoms with Gasteiger partial charge >= 0.3 is 0 Å². The number of benzene rings is 1. The summed E-state index contributed by atoms with van der Waals surface area (Å²) >= 11 is 0. The van der Waals surface area contributed by atoms with Crippen LogP contribution in [0.1, 0.15) is 16.8 Å². The quantitative estimate of drug-likeness (QED) is 0.637. The first-order valence-corrected chi connectivity index (χ1v) is 6.04. The molecular weight excluding hydrogens is 220 g/mol. The lowest BCUT2D eigenvalue weighted by atomic mass is 10.1. The first kappa shape index (κ1) is 12.3. The summed E-state index contributed by atoms with van der Waals surface area (Å²) < 4.78 is 0. The van der Waals surface area contributed by atoms with Gasteiger partial charge in [0.2, 0.25) is 0 Å². The Morgan fingerprint density at radius 3 is 2.61 bits per heavy atom. The third kappa shape index (κ3) is 3.73. The smallest absolute Gasteiger partial charge is 0.0416 e. The fourth-order valence-corrected chi connectivity index (χ4v) is 1.71. The fraction of sp³-hybridized carbons (Fsp3) is 0.188. The predicted molar refractivity (Wildman–Crippen MR) is 74.0 cm³/mol. The zero-order chi connectivity index (χ0) is 12.6. The summed E-state index contributed by atoms with van der Waals surface area (Å²) in [6.07, 6.45) is 8.09. The van der Waals surface area contributed by atoms with Crippen molar-refractivity contribution in [3.05, 3.63) is 65.5 Å². The summed E-state index contributed by atoms with van der Waals surface area (Å²) in [6, 6.07) is 14.0. The van der Waals surface area contributed by atoms with Crippen LogP contribution in [0.2, 0.25) is 0 Å². The molecule has 1 aromatic heterocycles. The van der Waals surface area contributed by atoms with Crippen molar-refractivity contribution in [1.82, 2.24) is 10.3 Å². The molecule has 0 fully saturated rings. The fourth-order valence-electron chi connectivity index (χ4n) is 1.71. The molecule has 0 aliphatic rings. The van der Waals surface area contributed by atoms with Crippen LogP contribution in [-0.4, -0.2) is 11.5 Å². The maximum absolute atomic E-state index is 5.31. The highest BCUT2D eigenvalue weighted by atomic mass is 14.8. The lowest BCUT2D eigenvalue weighted by Crippen LogP contribution is -2.17. The van der Waals surface area contributed by atoms with E-state index in [4.69, 9.17) is 6.42 Å². The molecule has 0 amide bonds. The molecule has 0 aliphatic carbocycles. The molecule has 0 radical (unpaired) electrons. The summed E-state index contributed by atoms with van der Waals surface area (Å²) in [5.41, 5.74) is 3.29. The lowest BCUT2D eigenvalue weighted by molar-refractivity contribution is 0.680. The van der Waals surface area contributed by atoms with Gasteiger partial charge in [-0.1, -0.05) is 24.1 Å². The zero-order valence-corrected chi connectivity index (χ0v) is 10.3. The third-order valence-electron chi connectivity index (χ3n) is 2.73. The van der Waals surface area contributed by atoms with Gasteiger partial charge in [-0.25, -0.2) is 0 Å². The second-order valence-electron chi connectivity index (χ2n) is 4.09. The van der Waals surface area contributed by atoms with Gasteiger partial charge in [0.25, 0.3) is 0 Å². The monoisotopic (exact) mass is 236 g/mol. The highest BCUT2D eigenvalue weighted by molar-refractivity contribution is 5.34. The average molecular weight is 236 g/mol. The number of hydrogen-bond acceptors (Lipinski definition) is 2. The normalized spacial score (nSPS) is 9.94. The molecule has 18 heavy (non-hydrogen) atoms. The van der Waals surface area contributed by atoms with E-state index in [2.05, 4.69) is 28.4 Å². The van der Waals surface area contributed by atoms with Crippen molar-refractivity contribution in [3.63, 3.8) is 0 Å². The van der Waals surface area contributed by atoms with Crippen molar-refractivity contribution in [1.29, 1.82) is 0 Å². The Morgan fingerprint density at radius 2 is 1.94 bits per heavy atom. The van der Waals surface area contributed by atoms with Crippen LogP contribution in [0.25, 0.3) is 0 Å². The standard InChI is InChI=1S/C16H16N2/c1-2-14-6-8-15(9-7-14)13-17-12-10-16-5-3-4-11-18-16/h1,3-9,11,17H,10,12-13H2. The molecule has 0 atom stereocenters. The Kier molecular flexibility index (Phi) is 4.52. The minimum Gasteiger partial charge on any atom is -0.312 e. The summed E-state index contributed by atoms with van der Waals surface area (Å²) in [5, 5.41) is 3.40. The molecule has 90 valence electrons. The van der Waals surface area contributed by atoms with Gasteiger partial charge in [-0.05, 0) is 29.8 Å². The van der Waals surface area contributed by atoms with Gasteiger partial charge < -0.3 is 5.32 Å². The molecule has 2 rings (SSSR count). The summed E-state index contributed by atoms with van der Waals surface area (Å²) in [5.74, 6) is 2.61. The number of hydrogen-bond donors (Lipinski definition) is 1. The second-order valence-corrected chi connectivity index (χ2v) is 4.09. The molecule has 1 N–H and O–H groups in total. The summed E-state index contributed by atoms with van der Waals surface area (Å²) in [7, 11) is 0. The van der Waals surface area contributed by atoms with E-state index in [0.29, 0.717) is 0 Å². The molecule has 1 heterocycles. The minimum absolute atomic E-state index is 0.859. The molecular formula is C16H16N2. The van der Waals surface area contributed by atoms with Gasteiger partial charge in [-0.15, -0.1) is 6.42 Å². The van der Waals surface area contributed by atoms with Crippen LogP contribution >= 0.6 is 0 Å². The first-order valence-electron chi connectivity index (χ1n) is 6.04. The van der Waals surface area contributed by atoms with Gasteiger partial charge in [-0.3, -0.25) is 4.98 Å². The molecule has 2 nitrogen and oxygen atoms in total. The number of aromatic nitrogens is 1. The largest absolute Gasteiger partial charge is 0.312 e. The predicted octanol–water partition coefficient (Wildman–Crippen LogP) is 2.40. The number of nitrogens with one attached hydrogen (secondary N) is 1. The minimum atomic E-state index is 0.859. The van der Waals surface area contributed by atoms with Gasteiger partial charge in [0.05, 0.1) is 0 Å². The van der Waals surface area contributed by atoms with E-state index in [9.17, 15) is 0 Å². The molecule has 0 unspecified atom stereocenters. The molecule has 0 saturated heterocycles. The van der Waals surface area contributed by atoms with Gasteiger partial charge in [0.1, 0.15) is 0 Å². The molecule has 2 heteroatoms. The van der Waals surface area contributed by atoms with Crippen molar-refractivity contribution in [2.24, 2.45) is 0 Å². The summed E-state index contributed by atoms with van der Waals surface area (Å²) in [6.45, 7) is 1.78. The highest BCUT2D eigenvalue weighted by Crippen LogP contribution is 2.02. The van der Waals surface area contributed by atoms with Crippen LogP contribution in [-0.2, 0) is 13.0 Å². The maximum Gasteiger partial charge on any atom is 0.0416 e. The van der Waals surface area contributed by atoms with Crippen LogP contribution in [0.4, 0.5) is 0 Å². The Bertz CT molecular complexity index is 509. The van der Waals surface area contributed by atoms with Gasteiger partial charge in [0, 0.05) is 37.0 Å². The van der Waals surface area contributed by atoms with Crippen LogP contribution in [0.3, 0.4) is 0 Å². The van der Waals surface area contributed by atoms with Crippen LogP contribution in [0.5, 0.6) is 0 Å². The van der Waals surface area contributed by atoms with Gasteiger partial charge in [-0.2, -0.15) is 0 Å². The second kappa shape index (κ2) is 6.58. The number of terminal acetylenes is 1. The Labute approximate surface area is 108 Å². The van der Waals surface area contributed by atoms with Crippen molar-refractivity contribution in [3.8, 4) is 12.3 Å². The molecule has 0 aliphatic heterocycles. The van der Waals surface area contributed by atoms with Crippen molar-refractivity contribution in [2.75, 3.05) is 6.54 Å². The molecule has 0 spiro atoms. The van der Waals surface area contributed by atoms with Crippen molar-refractivity contribution in [2.45, 2.75) is 13.0 Å². The lowest BCUT2D eigenvalue weighted by Gasteiger charge is -2.04. The van der Waals surface area contributed by atoms with Crippen LogP contribution < -0.4 is 5.32 Å². The van der Waals surface area contributed by atoms with E-state index < -0.39 is 0 Å². The zero-order valence-electron chi connectivity index (χ0n) is 10.3. The third-order valence-corrected chi connectivity index (χ3v) is 2.73. The first-order chi connectivity index (χ1) is 8.88. The SMILES string of the molecule is C#Cc1ccc(CNCCc2ccccn2)cc1. The van der Waals surface area contributed by atoms with E-state index in [1.54, 1.807) is 0 Å². The van der Waals surface area contributed by atoms with E-state index >= 15 is 0 Å². The Balaban J connectivity index is 1.74. The molecule has 1 aromatic carbocycles. The van der Waals surface area contributed by atoms with E-state index in [0.717, 1.165) is 30.8 Å².